The molecule has 1 aromatic rings. The van der Waals surface area contributed by atoms with Gasteiger partial charge in [0, 0.05) is 25.2 Å². The topological polar surface area (TPSA) is 15.3 Å². The van der Waals surface area contributed by atoms with Crippen molar-refractivity contribution in [3.63, 3.8) is 0 Å². The van der Waals surface area contributed by atoms with Gasteiger partial charge in [-0.25, -0.2) is 4.39 Å². The maximum Gasteiger partial charge on any atom is 0.138 e. The van der Waals surface area contributed by atoms with Crippen molar-refractivity contribution in [2.45, 2.75) is 31.7 Å². The quantitative estimate of drug-likeness (QED) is 0.782. The molecule has 2 nitrogen and oxygen atoms in total. The Labute approximate surface area is 115 Å². The van der Waals surface area contributed by atoms with Crippen LogP contribution in [0.3, 0.4) is 0 Å². The molecule has 1 aromatic carbocycles. The molecule has 0 aromatic heterocycles. The molecular weight excluding hydrogens is 330 g/mol. The minimum Gasteiger partial charge on any atom is -0.382 e. The van der Waals surface area contributed by atoms with Crippen LogP contribution in [0.25, 0.3) is 0 Å². The zero-order chi connectivity index (χ0) is 11.8. The third kappa shape index (κ3) is 2.11. The average Bonchev–Trinajstić information content (AvgIpc) is 2.83. The van der Waals surface area contributed by atoms with Crippen molar-refractivity contribution < 1.29 is 4.39 Å². The standard InChI is InChI=1S/C13H16FIN2/c14-10-7-13-12(8-11(10)15)16-5-6-17(13)9-3-1-2-4-9/h7-9,16H,1-6H2. The molecule has 0 radical (unpaired) electrons. The van der Waals surface area contributed by atoms with Gasteiger partial charge in [0.15, 0.2) is 0 Å². The third-order valence-corrected chi connectivity index (χ3v) is 4.61. The number of hydrogen-bond donors (Lipinski definition) is 1. The summed E-state index contributed by atoms with van der Waals surface area (Å²) in [6.07, 6.45) is 5.15. The Bertz CT molecular complexity index is 430. The van der Waals surface area contributed by atoms with Gasteiger partial charge in [-0.05, 0) is 41.5 Å². The lowest BCUT2D eigenvalue weighted by Gasteiger charge is -2.36. The van der Waals surface area contributed by atoms with E-state index in [4.69, 9.17) is 0 Å². The molecule has 0 spiro atoms. The van der Waals surface area contributed by atoms with Gasteiger partial charge < -0.3 is 10.2 Å². The zero-order valence-electron chi connectivity index (χ0n) is 9.68. The van der Waals surface area contributed by atoms with E-state index in [0.29, 0.717) is 9.61 Å². The first kappa shape index (κ1) is 11.6. The maximum atomic E-state index is 13.7. The number of halogens is 2. The fourth-order valence-corrected chi connectivity index (χ4v) is 3.41. The zero-order valence-corrected chi connectivity index (χ0v) is 11.8. The summed E-state index contributed by atoms with van der Waals surface area (Å²) < 4.78 is 14.4. The minimum absolute atomic E-state index is 0.101. The van der Waals surface area contributed by atoms with E-state index in [-0.39, 0.29) is 5.82 Å². The molecule has 1 saturated carbocycles. The molecule has 0 saturated heterocycles. The molecule has 0 bridgehead atoms. The lowest BCUT2D eigenvalue weighted by atomic mass is 10.1. The summed E-state index contributed by atoms with van der Waals surface area (Å²) in [6.45, 7) is 1.96. The number of benzene rings is 1. The van der Waals surface area contributed by atoms with Crippen molar-refractivity contribution in [2.24, 2.45) is 0 Å². The lowest BCUT2D eigenvalue weighted by molar-refractivity contribution is 0.593. The van der Waals surface area contributed by atoms with Crippen LogP contribution in [0.4, 0.5) is 15.8 Å². The van der Waals surface area contributed by atoms with Gasteiger partial charge in [-0.3, -0.25) is 0 Å². The van der Waals surface area contributed by atoms with Crippen molar-refractivity contribution in [1.29, 1.82) is 0 Å². The number of rotatable bonds is 1. The molecule has 1 aliphatic carbocycles. The second-order valence-corrected chi connectivity index (χ2v) is 6.00. The van der Waals surface area contributed by atoms with Gasteiger partial charge in [0.05, 0.1) is 14.9 Å². The number of nitrogens with one attached hydrogen (secondary N) is 1. The summed E-state index contributed by atoms with van der Waals surface area (Å²) in [6, 6.07) is 4.24. The van der Waals surface area contributed by atoms with Gasteiger partial charge in [-0.15, -0.1) is 0 Å². The van der Waals surface area contributed by atoms with E-state index < -0.39 is 0 Å². The number of hydrogen-bond acceptors (Lipinski definition) is 2. The highest BCUT2D eigenvalue weighted by molar-refractivity contribution is 14.1. The largest absolute Gasteiger partial charge is 0.382 e. The van der Waals surface area contributed by atoms with Crippen LogP contribution in [0.1, 0.15) is 25.7 Å². The summed E-state index contributed by atoms with van der Waals surface area (Å²) in [5.41, 5.74) is 2.15. The smallest absolute Gasteiger partial charge is 0.138 e. The van der Waals surface area contributed by atoms with Crippen molar-refractivity contribution in [1.82, 2.24) is 0 Å². The number of nitrogens with zero attached hydrogens (tertiary/aromatic N) is 1. The van der Waals surface area contributed by atoms with Crippen LogP contribution in [-0.4, -0.2) is 19.1 Å². The van der Waals surface area contributed by atoms with Crippen LogP contribution < -0.4 is 10.2 Å². The van der Waals surface area contributed by atoms with Crippen LogP contribution in [0.5, 0.6) is 0 Å². The number of fused-ring (bicyclic) bond motifs is 1. The second-order valence-electron chi connectivity index (χ2n) is 4.84. The lowest BCUT2D eigenvalue weighted by Crippen LogP contribution is -2.40. The first-order valence-electron chi connectivity index (χ1n) is 6.25. The molecule has 1 aliphatic heterocycles. The summed E-state index contributed by atoms with van der Waals surface area (Å²) in [5, 5.41) is 3.37. The van der Waals surface area contributed by atoms with Gasteiger partial charge in [-0.2, -0.15) is 0 Å². The Hall–Kier alpha value is -0.520. The van der Waals surface area contributed by atoms with E-state index in [9.17, 15) is 4.39 Å². The van der Waals surface area contributed by atoms with E-state index in [0.717, 1.165) is 24.5 Å². The van der Waals surface area contributed by atoms with Crippen LogP contribution in [0.15, 0.2) is 12.1 Å². The predicted octanol–water partition coefficient (Wildman–Crippen LogP) is 3.60. The summed E-state index contributed by atoms with van der Waals surface area (Å²) in [5.74, 6) is -0.101. The highest BCUT2D eigenvalue weighted by atomic mass is 127. The van der Waals surface area contributed by atoms with Crippen LogP contribution in [0, 0.1) is 9.39 Å². The van der Waals surface area contributed by atoms with Crippen LogP contribution in [-0.2, 0) is 0 Å². The fraction of sp³-hybridized carbons (Fsp3) is 0.538. The first-order chi connectivity index (χ1) is 8.25. The molecule has 17 heavy (non-hydrogen) atoms. The molecular formula is C13H16FIN2. The Morgan fingerprint density at radius 3 is 2.82 bits per heavy atom. The molecule has 4 heteroatoms. The van der Waals surface area contributed by atoms with E-state index in [1.54, 1.807) is 6.07 Å². The molecule has 1 heterocycles. The summed E-state index contributed by atoms with van der Waals surface area (Å²) in [4.78, 5) is 2.40. The average molecular weight is 346 g/mol. The van der Waals surface area contributed by atoms with Gasteiger partial charge in [0.1, 0.15) is 5.82 Å². The molecule has 0 unspecified atom stereocenters. The van der Waals surface area contributed by atoms with Crippen molar-refractivity contribution in [3.8, 4) is 0 Å². The van der Waals surface area contributed by atoms with E-state index in [2.05, 4.69) is 32.8 Å². The van der Waals surface area contributed by atoms with Crippen LogP contribution in [0.2, 0.25) is 0 Å². The maximum absolute atomic E-state index is 13.7. The highest BCUT2D eigenvalue weighted by Gasteiger charge is 2.27. The molecule has 2 aliphatic rings. The molecule has 1 fully saturated rings. The monoisotopic (exact) mass is 346 g/mol. The fourth-order valence-electron chi connectivity index (χ4n) is 2.94. The molecule has 0 atom stereocenters. The summed E-state index contributed by atoms with van der Waals surface area (Å²) >= 11 is 2.05. The van der Waals surface area contributed by atoms with Crippen molar-refractivity contribution in [3.05, 3.63) is 21.5 Å². The van der Waals surface area contributed by atoms with Crippen molar-refractivity contribution >= 4 is 34.0 Å². The number of anilines is 2. The summed E-state index contributed by atoms with van der Waals surface area (Å²) in [7, 11) is 0. The third-order valence-electron chi connectivity index (χ3n) is 3.78. The minimum atomic E-state index is -0.101. The Kier molecular flexibility index (Phi) is 3.15. The van der Waals surface area contributed by atoms with Gasteiger partial charge >= 0.3 is 0 Å². The molecule has 1 N–H and O–H groups in total. The molecule has 92 valence electrons. The van der Waals surface area contributed by atoms with Crippen molar-refractivity contribution in [2.75, 3.05) is 23.3 Å². The van der Waals surface area contributed by atoms with Crippen LogP contribution >= 0.6 is 22.6 Å². The van der Waals surface area contributed by atoms with E-state index >= 15 is 0 Å². The SMILES string of the molecule is Fc1cc2c(cc1I)NCCN2C1CCCC1. The van der Waals surface area contributed by atoms with Gasteiger partial charge in [0.25, 0.3) is 0 Å². The first-order valence-corrected chi connectivity index (χ1v) is 7.33. The molecule has 3 rings (SSSR count). The normalized spacial score (nSPS) is 20.2. The predicted molar refractivity (Wildman–Crippen MR) is 77.2 cm³/mol. The van der Waals surface area contributed by atoms with E-state index in [1.165, 1.54) is 25.7 Å². The molecule has 0 amide bonds. The Morgan fingerprint density at radius 1 is 1.29 bits per heavy atom. The Morgan fingerprint density at radius 2 is 2.06 bits per heavy atom. The second kappa shape index (κ2) is 4.63. The van der Waals surface area contributed by atoms with Gasteiger partial charge in [-0.1, -0.05) is 12.8 Å². The van der Waals surface area contributed by atoms with E-state index in [1.807, 2.05) is 6.07 Å². The Balaban J connectivity index is 1.97. The highest BCUT2D eigenvalue weighted by Crippen LogP contribution is 2.36. The van der Waals surface area contributed by atoms with Gasteiger partial charge in [0.2, 0.25) is 0 Å².